The van der Waals surface area contributed by atoms with Crippen LogP contribution in [0.3, 0.4) is 0 Å². The van der Waals surface area contributed by atoms with E-state index < -0.39 is 187 Å². The SMILES string of the molecule is OC[C@H]1O[C@H](O[C@@H]2[C@@H](OC[C@H]3OC(O)[C@@H](O)[C@@H](O[C@H]4O[C@H](CO)[C@@H](O)[C@H](O)[C@@H]4O[C@H]4O[C@H](CO)[C@@H](O)[C@H](O)[C@@H]4O)[C@@H]3O)O[C@H](CO)[C@@H](O)[C@@H]2O)[C@@H](O)[C@@H](O)[C@@H]1O. The van der Waals surface area contributed by atoms with Crippen molar-refractivity contribution in [2.24, 2.45) is 0 Å². The van der Waals surface area contributed by atoms with Crippen molar-refractivity contribution < 1.29 is 129 Å². The van der Waals surface area contributed by atoms with Gasteiger partial charge in [0.25, 0.3) is 0 Å². The van der Waals surface area contributed by atoms with Gasteiger partial charge in [0.05, 0.1) is 33.0 Å². The van der Waals surface area contributed by atoms with E-state index in [1.165, 1.54) is 0 Å². The molecule has 0 radical (unpaired) electrons. The molecule has 5 aliphatic heterocycles. The molecule has 5 rings (SSSR count). The Morgan fingerprint density at radius 1 is 0.304 bits per heavy atom. The van der Waals surface area contributed by atoms with Gasteiger partial charge >= 0.3 is 0 Å². The van der Waals surface area contributed by atoms with Crippen molar-refractivity contribution in [1.82, 2.24) is 0 Å². The molecule has 56 heavy (non-hydrogen) atoms. The summed E-state index contributed by atoms with van der Waals surface area (Å²) < 4.78 is 49.5. The number of hydrogen-bond acceptors (Lipinski definition) is 26. The Balaban J connectivity index is 1.32. The molecule has 1 unspecified atom stereocenters. The summed E-state index contributed by atoms with van der Waals surface area (Å²) in [5.74, 6) is 0. The molecule has 17 N–H and O–H groups in total. The van der Waals surface area contributed by atoms with Crippen LogP contribution in [0.4, 0.5) is 0 Å². The zero-order valence-corrected chi connectivity index (χ0v) is 29.2. The zero-order valence-electron chi connectivity index (χ0n) is 29.2. The summed E-state index contributed by atoms with van der Waals surface area (Å²) in [4.78, 5) is 0. The molecular formula is C30H52O26. The van der Waals surface area contributed by atoms with E-state index in [1.807, 2.05) is 0 Å². The number of ether oxygens (including phenoxy) is 9. The molecule has 0 bridgehead atoms. The molecule has 5 heterocycles. The fourth-order valence-corrected chi connectivity index (χ4v) is 6.87. The van der Waals surface area contributed by atoms with Crippen molar-refractivity contribution in [3.05, 3.63) is 0 Å². The summed E-state index contributed by atoms with van der Waals surface area (Å²) in [6.07, 6.45) is -46.6. The predicted molar refractivity (Wildman–Crippen MR) is 167 cm³/mol. The average Bonchev–Trinajstić information content (AvgIpc) is 3.18. The van der Waals surface area contributed by atoms with Crippen LogP contribution in [-0.4, -0.2) is 273 Å². The minimum absolute atomic E-state index is 0.843. The standard InChI is InChI=1S/C30H52O26/c31-1-6-11(35)16(40)20(44)27(50-6)55-24-18(42)13(37)8(3-33)52-29(24)48-5-10-15(39)23(22(46)26(47)49-10)54-30-25(19(43)14(38)9(4-34)53-30)56-28-21(45)17(41)12(36)7(2-32)51-28/h6-47H,1-5H2/t6-,7-,8-,9-,10-,11-,12-,13-,14-,15-,16+,17+,18+,19+,20+,21+,22+,23+,24+,25+,26?,27-,28-,29+,30-/m1/s1. The number of aliphatic hydroxyl groups is 17. The van der Waals surface area contributed by atoms with Gasteiger partial charge in [-0.05, 0) is 0 Å². The Labute approximate surface area is 316 Å². The molecule has 0 spiro atoms. The van der Waals surface area contributed by atoms with Crippen molar-refractivity contribution in [2.45, 2.75) is 154 Å². The number of aliphatic hydroxyl groups excluding tert-OH is 17. The lowest BCUT2D eigenvalue weighted by Gasteiger charge is -2.48. The first-order valence-corrected chi connectivity index (χ1v) is 17.6. The summed E-state index contributed by atoms with van der Waals surface area (Å²) in [6.45, 7) is -4.35. The molecule has 5 aliphatic rings. The smallest absolute Gasteiger partial charge is 0.187 e. The fourth-order valence-electron chi connectivity index (χ4n) is 6.87. The first-order valence-electron chi connectivity index (χ1n) is 17.6. The van der Waals surface area contributed by atoms with Crippen LogP contribution < -0.4 is 0 Å². The lowest BCUT2D eigenvalue weighted by molar-refractivity contribution is -0.391. The molecule has 26 heteroatoms. The van der Waals surface area contributed by atoms with Gasteiger partial charge in [0.15, 0.2) is 31.5 Å². The summed E-state index contributed by atoms with van der Waals surface area (Å²) in [5, 5.41) is 176. The van der Waals surface area contributed by atoms with Crippen LogP contribution in [0, 0.1) is 0 Å². The molecule has 0 aromatic heterocycles. The maximum absolute atomic E-state index is 11.3. The summed E-state index contributed by atoms with van der Waals surface area (Å²) in [6, 6.07) is 0. The average molecular weight is 829 g/mol. The second-order valence-corrected chi connectivity index (χ2v) is 14.0. The number of rotatable bonds is 13. The van der Waals surface area contributed by atoms with E-state index >= 15 is 0 Å². The van der Waals surface area contributed by atoms with E-state index in [9.17, 15) is 86.8 Å². The van der Waals surface area contributed by atoms with Crippen molar-refractivity contribution in [3.63, 3.8) is 0 Å². The largest absolute Gasteiger partial charge is 0.394 e. The van der Waals surface area contributed by atoms with Gasteiger partial charge in [0, 0.05) is 0 Å². The van der Waals surface area contributed by atoms with Gasteiger partial charge in [-0.3, -0.25) is 0 Å². The second kappa shape index (κ2) is 19.6. The third-order valence-electron chi connectivity index (χ3n) is 10.3. The first-order chi connectivity index (χ1) is 26.5. The van der Waals surface area contributed by atoms with Gasteiger partial charge in [0.1, 0.15) is 122 Å². The summed E-state index contributed by atoms with van der Waals surface area (Å²) in [5.41, 5.74) is 0. The lowest BCUT2D eigenvalue weighted by atomic mass is 9.96. The molecular weight excluding hydrogens is 776 g/mol. The molecule has 0 aromatic rings. The molecule has 0 amide bonds. The molecule has 0 aromatic carbocycles. The van der Waals surface area contributed by atoms with Crippen LogP contribution in [0.2, 0.25) is 0 Å². The monoisotopic (exact) mass is 828 g/mol. The molecule has 0 saturated carbocycles. The normalized spacial score (nSPS) is 53.2. The van der Waals surface area contributed by atoms with E-state index in [1.54, 1.807) is 0 Å². The highest BCUT2D eigenvalue weighted by Crippen LogP contribution is 2.34. The van der Waals surface area contributed by atoms with E-state index in [-0.39, 0.29) is 0 Å². The van der Waals surface area contributed by atoms with Gasteiger partial charge in [-0.1, -0.05) is 0 Å². The Morgan fingerprint density at radius 3 is 1.09 bits per heavy atom. The number of hydrogen-bond donors (Lipinski definition) is 17. The molecule has 0 aliphatic carbocycles. The van der Waals surface area contributed by atoms with Gasteiger partial charge in [-0.15, -0.1) is 0 Å². The van der Waals surface area contributed by atoms with Crippen molar-refractivity contribution in [2.75, 3.05) is 33.0 Å². The molecule has 328 valence electrons. The van der Waals surface area contributed by atoms with E-state index in [2.05, 4.69) is 0 Å². The van der Waals surface area contributed by atoms with Gasteiger partial charge in [-0.25, -0.2) is 0 Å². The second-order valence-electron chi connectivity index (χ2n) is 14.0. The Hall–Kier alpha value is -1.04. The van der Waals surface area contributed by atoms with Crippen molar-refractivity contribution in [3.8, 4) is 0 Å². The van der Waals surface area contributed by atoms with Gasteiger partial charge < -0.3 is 129 Å². The minimum atomic E-state index is -2.17. The van der Waals surface area contributed by atoms with Crippen molar-refractivity contribution in [1.29, 1.82) is 0 Å². The molecule has 25 atom stereocenters. The summed E-state index contributed by atoms with van der Waals surface area (Å²) in [7, 11) is 0. The molecule has 26 nitrogen and oxygen atoms in total. The highest BCUT2D eigenvalue weighted by atomic mass is 16.8. The van der Waals surface area contributed by atoms with Crippen LogP contribution in [0.25, 0.3) is 0 Å². The third-order valence-corrected chi connectivity index (χ3v) is 10.3. The maximum Gasteiger partial charge on any atom is 0.187 e. The van der Waals surface area contributed by atoms with E-state index in [0.29, 0.717) is 0 Å². The lowest BCUT2D eigenvalue weighted by Crippen LogP contribution is -2.67. The molecule has 5 fully saturated rings. The van der Waals surface area contributed by atoms with Crippen LogP contribution in [0.5, 0.6) is 0 Å². The first kappa shape index (κ1) is 46.0. The zero-order chi connectivity index (χ0) is 41.3. The highest BCUT2D eigenvalue weighted by Gasteiger charge is 2.55. The Bertz CT molecular complexity index is 1200. The quantitative estimate of drug-likeness (QED) is 0.0819. The topological polar surface area (TPSA) is 427 Å². The third kappa shape index (κ3) is 9.31. The van der Waals surface area contributed by atoms with Crippen LogP contribution in [0.15, 0.2) is 0 Å². The van der Waals surface area contributed by atoms with Crippen LogP contribution >= 0.6 is 0 Å². The Kier molecular flexibility index (Phi) is 16.1. The van der Waals surface area contributed by atoms with Gasteiger partial charge in [0.2, 0.25) is 0 Å². The van der Waals surface area contributed by atoms with Crippen LogP contribution in [0.1, 0.15) is 0 Å². The maximum atomic E-state index is 11.3. The van der Waals surface area contributed by atoms with E-state index in [0.717, 1.165) is 0 Å². The molecule has 5 saturated heterocycles. The fraction of sp³-hybridized carbons (Fsp3) is 1.00. The van der Waals surface area contributed by atoms with Crippen molar-refractivity contribution >= 4 is 0 Å². The van der Waals surface area contributed by atoms with Gasteiger partial charge in [-0.2, -0.15) is 0 Å². The van der Waals surface area contributed by atoms with Crippen LogP contribution in [-0.2, 0) is 42.6 Å². The predicted octanol–water partition coefficient (Wildman–Crippen LogP) is -11.9. The Morgan fingerprint density at radius 2 is 0.661 bits per heavy atom. The minimum Gasteiger partial charge on any atom is -0.394 e. The van der Waals surface area contributed by atoms with E-state index in [4.69, 9.17) is 42.6 Å². The summed E-state index contributed by atoms with van der Waals surface area (Å²) >= 11 is 0. The highest BCUT2D eigenvalue weighted by molar-refractivity contribution is 4.98.